The molecule has 37 heavy (non-hydrogen) atoms. The molecule has 1 saturated heterocycles. The number of rotatable bonds is 8. The number of carbonyl (C=O) groups excluding carboxylic acids is 1. The molecule has 194 valence electrons. The van der Waals surface area contributed by atoms with Crippen molar-refractivity contribution in [3.8, 4) is 5.75 Å². The third-order valence-corrected chi connectivity index (χ3v) is 8.18. The smallest absolute Gasteiger partial charge is 0.310 e. The van der Waals surface area contributed by atoms with Crippen LogP contribution >= 0.6 is 11.6 Å². The van der Waals surface area contributed by atoms with Gasteiger partial charge in [0.2, 0.25) is 5.95 Å². The van der Waals surface area contributed by atoms with E-state index in [1.165, 1.54) is 0 Å². The van der Waals surface area contributed by atoms with Gasteiger partial charge in [-0.25, -0.2) is 4.98 Å². The van der Waals surface area contributed by atoms with Gasteiger partial charge < -0.3 is 24.8 Å². The van der Waals surface area contributed by atoms with Crippen molar-refractivity contribution in [2.45, 2.75) is 30.3 Å². The summed E-state index contributed by atoms with van der Waals surface area (Å²) in [5.41, 5.74) is 1.92. The van der Waals surface area contributed by atoms with Crippen LogP contribution in [0.5, 0.6) is 5.75 Å². The number of carbonyl (C=O) groups is 1. The average molecular weight is 543 g/mol. The highest BCUT2D eigenvalue weighted by Gasteiger charge is 2.45. The Morgan fingerprint density at radius 3 is 2.65 bits per heavy atom. The Morgan fingerprint density at radius 1 is 1.22 bits per heavy atom. The molecule has 3 heterocycles. The second-order valence-corrected chi connectivity index (χ2v) is 10.9. The minimum Gasteiger partial charge on any atom is -0.495 e. The number of nitrogens with zero attached hydrogens (tertiary/aromatic N) is 3. The minimum absolute atomic E-state index is 0.197. The van der Waals surface area contributed by atoms with E-state index in [1.54, 1.807) is 32.2 Å². The Labute approximate surface area is 222 Å². The largest absolute Gasteiger partial charge is 0.495 e. The van der Waals surface area contributed by atoms with E-state index in [1.807, 2.05) is 29.2 Å². The number of nitrogens with one attached hydrogen (secondary N) is 1. The summed E-state index contributed by atoms with van der Waals surface area (Å²) in [7, 11) is 0.347. The third kappa shape index (κ3) is 5.14. The first kappa shape index (κ1) is 25.4. The molecular weight excluding hydrogens is 516 g/mol. The first-order valence-corrected chi connectivity index (χ1v) is 13.6. The Hall–Kier alpha value is -3.21. The SMILES string of the molecule is CCOC(=O)Cc1ccc(Nc2nc(N3CC(O)(c4ccc(OC)c(Cl)c4)C3)nc3c2S(=O)CC3)cc1. The van der Waals surface area contributed by atoms with Gasteiger partial charge in [-0.05, 0) is 42.3 Å². The van der Waals surface area contributed by atoms with E-state index in [2.05, 4.69) is 10.3 Å². The van der Waals surface area contributed by atoms with E-state index in [0.29, 0.717) is 64.9 Å². The zero-order valence-corrected chi connectivity index (χ0v) is 22.1. The lowest BCUT2D eigenvalue weighted by Crippen LogP contribution is -2.60. The van der Waals surface area contributed by atoms with Crippen LogP contribution in [0.25, 0.3) is 0 Å². The zero-order valence-electron chi connectivity index (χ0n) is 20.5. The maximum absolute atomic E-state index is 12.7. The van der Waals surface area contributed by atoms with Crippen molar-refractivity contribution in [2.75, 3.05) is 42.8 Å². The molecule has 0 spiro atoms. The Kier molecular flexibility index (Phi) is 7.06. The van der Waals surface area contributed by atoms with Gasteiger partial charge >= 0.3 is 5.97 Å². The number of esters is 1. The Morgan fingerprint density at radius 2 is 1.97 bits per heavy atom. The van der Waals surface area contributed by atoms with Crippen LogP contribution in [0, 0.1) is 0 Å². The fourth-order valence-corrected chi connectivity index (χ4v) is 6.06. The van der Waals surface area contributed by atoms with Crippen molar-refractivity contribution >= 4 is 45.8 Å². The van der Waals surface area contributed by atoms with E-state index in [9.17, 15) is 14.1 Å². The molecule has 0 saturated carbocycles. The van der Waals surface area contributed by atoms with Gasteiger partial charge in [0.15, 0.2) is 5.82 Å². The molecule has 2 N–H and O–H groups in total. The van der Waals surface area contributed by atoms with E-state index < -0.39 is 16.4 Å². The number of hydrogen-bond donors (Lipinski definition) is 2. The van der Waals surface area contributed by atoms with E-state index >= 15 is 0 Å². The van der Waals surface area contributed by atoms with E-state index in [4.69, 9.17) is 26.1 Å². The number of fused-ring (bicyclic) bond motifs is 1. The number of aromatic nitrogens is 2. The summed E-state index contributed by atoms with van der Waals surface area (Å²) in [4.78, 5) is 23.6. The quantitative estimate of drug-likeness (QED) is 0.413. The molecule has 1 fully saturated rings. The molecule has 0 bridgehead atoms. The molecule has 0 aliphatic carbocycles. The number of β-amino-alcohol motifs (C(OH)–C–C–N with tert-alkyl or cyclic N) is 1. The van der Waals surface area contributed by atoms with Crippen LogP contribution in [-0.4, -0.2) is 57.8 Å². The molecule has 2 aliphatic rings. The topological polar surface area (TPSA) is 114 Å². The predicted molar refractivity (Wildman–Crippen MR) is 141 cm³/mol. The molecule has 0 radical (unpaired) electrons. The second-order valence-electron chi connectivity index (χ2n) is 8.99. The average Bonchev–Trinajstić information content (AvgIpc) is 3.24. The van der Waals surface area contributed by atoms with Crippen molar-refractivity contribution in [3.63, 3.8) is 0 Å². The number of ether oxygens (including phenoxy) is 2. The van der Waals surface area contributed by atoms with E-state index in [-0.39, 0.29) is 12.4 Å². The van der Waals surface area contributed by atoms with Gasteiger partial charge in [0.05, 0.1) is 54.7 Å². The summed E-state index contributed by atoms with van der Waals surface area (Å²) >= 11 is 6.26. The number of benzene rings is 2. The summed E-state index contributed by atoms with van der Waals surface area (Å²) < 4.78 is 22.9. The van der Waals surface area contributed by atoms with Crippen LogP contribution in [0.2, 0.25) is 5.02 Å². The zero-order chi connectivity index (χ0) is 26.2. The highest BCUT2D eigenvalue weighted by Crippen LogP contribution is 2.39. The monoisotopic (exact) mass is 542 g/mol. The van der Waals surface area contributed by atoms with Crippen LogP contribution in [0.4, 0.5) is 17.5 Å². The van der Waals surface area contributed by atoms with Gasteiger partial charge in [-0.1, -0.05) is 29.8 Å². The molecule has 1 aromatic heterocycles. The maximum atomic E-state index is 12.7. The number of aryl methyl sites for hydroxylation is 1. The molecule has 9 nitrogen and oxygen atoms in total. The standard InChI is InChI=1S/C26H27ClN4O5S/c1-3-36-22(32)12-16-4-7-18(8-5-16)28-24-23-20(10-11-37(23)34)29-25(30-24)31-14-26(33,15-31)17-6-9-21(35-2)19(27)13-17/h4-9,13,33H,3,10-12,14-15H2,1-2H3,(H,28,29,30). The van der Waals surface area contributed by atoms with Crippen LogP contribution in [0.15, 0.2) is 47.4 Å². The number of aliphatic hydroxyl groups is 1. The van der Waals surface area contributed by atoms with E-state index in [0.717, 1.165) is 16.9 Å². The molecular formula is C26H27ClN4O5S. The predicted octanol–water partition coefficient (Wildman–Crippen LogP) is 3.36. The lowest BCUT2D eigenvalue weighted by molar-refractivity contribution is -0.142. The number of anilines is 3. The molecule has 0 amide bonds. The molecule has 11 heteroatoms. The van der Waals surface area contributed by atoms with Gasteiger partial charge in [-0.15, -0.1) is 0 Å². The van der Waals surface area contributed by atoms with Crippen LogP contribution in [0.3, 0.4) is 0 Å². The fraction of sp³-hybridized carbons (Fsp3) is 0.346. The highest BCUT2D eigenvalue weighted by molar-refractivity contribution is 7.85. The summed E-state index contributed by atoms with van der Waals surface area (Å²) in [5.74, 6) is 1.71. The summed E-state index contributed by atoms with van der Waals surface area (Å²) in [5, 5.41) is 14.9. The van der Waals surface area contributed by atoms with Crippen molar-refractivity contribution in [3.05, 3.63) is 64.3 Å². The van der Waals surface area contributed by atoms with Crippen molar-refractivity contribution in [1.82, 2.24) is 9.97 Å². The minimum atomic E-state index is -1.20. The molecule has 2 aliphatic heterocycles. The molecule has 2 aromatic carbocycles. The summed E-state index contributed by atoms with van der Waals surface area (Å²) in [6, 6.07) is 12.6. The van der Waals surface area contributed by atoms with Gasteiger partial charge in [-0.3, -0.25) is 9.00 Å². The lowest BCUT2D eigenvalue weighted by atomic mass is 9.86. The van der Waals surface area contributed by atoms with Crippen molar-refractivity contribution < 1.29 is 23.6 Å². The number of methoxy groups -OCH3 is 1. The maximum Gasteiger partial charge on any atom is 0.310 e. The van der Waals surface area contributed by atoms with Crippen molar-refractivity contribution in [1.29, 1.82) is 0 Å². The Balaban J connectivity index is 1.35. The third-order valence-electron chi connectivity index (χ3n) is 6.42. The van der Waals surface area contributed by atoms with Gasteiger partial charge in [0, 0.05) is 17.9 Å². The van der Waals surface area contributed by atoms with Gasteiger partial charge in [0.1, 0.15) is 16.2 Å². The first-order chi connectivity index (χ1) is 17.8. The van der Waals surface area contributed by atoms with Crippen LogP contribution < -0.4 is 15.0 Å². The molecule has 1 atom stereocenters. The molecule has 1 unspecified atom stereocenters. The van der Waals surface area contributed by atoms with Crippen LogP contribution in [-0.2, 0) is 38.8 Å². The van der Waals surface area contributed by atoms with Crippen LogP contribution in [0.1, 0.15) is 23.7 Å². The van der Waals surface area contributed by atoms with Gasteiger partial charge in [-0.2, -0.15) is 4.98 Å². The lowest BCUT2D eigenvalue weighted by Gasteiger charge is -2.47. The fourth-order valence-electron chi connectivity index (χ4n) is 4.50. The number of hydrogen-bond acceptors (Lipinski definition) is 9. The Bertz CT molecular complexity index is 1360. The second kappa shape index (κ2) is 10.3. The molecule has 3 aromatic rings. The van der Waals surface area contributed by atoms with Crippen molar-refractivity contribution in [2.24, 2.45) is 0 Å². The number of halogens is 1. The summed E-state index contributed by atoms with van der Waals surface area (Å²) in [6.07, 6.45) is 0.791. The normalized spacial score (nSPS) is 17.6. The first-order valence-electron chi connectivity index (χ1n) is 11.9. The van der Waals surface area contributed by atoms with Gasteiger partial charge in [0.25, 0.3) is 0 Å². The molecule has 5 rings (SSSR count). The highest BCUT2D eigenvalue weighted by atomic mass is 35.5. The summed E-state index contributed by atoms with van der Waals surface area (Å²) in [6.45, 7) is 2.71.